The molecule has 1 aromatic carbocycles. The Bertz CT molecular complexity index is 1000. The maximum absolute atomic E-state index is 9.30. The molecule has 4 nitrogen and oxygen atoms in total. The van der Waals surface area contributed by atoms with E-state index in [1.54, 1.807) is 0 Å². The van der Waals surface area contributed by atoms with Gasteiger partial charge in [-0.25, -0.2) is 10.1 Å². The predicted molar refractivity (Wildman–Crippen MR) is 109 cm³/mol. The highest BCUT2D eigenvalue weighted by atomic mass is 16.5. The lowest BCUT2D eigenvalue weighted by molar-refractivity contribution is 0.00776. The van der Waals surface area contributed by atoms with Gasteiger partial charge in [0.15, 0.2) is 0 Å². The average molecular weight is 367 g/mol. The van der Waals surface area contributed by atoms with Crippen molar-refractivity contribution in [3.63, 3.8) is 0 Å². The summed E-state index contributed by atoms with van der Waals surface area (Å²) in [6.45, 7) is 7.29. The zero-order chi connectivity index (χ0) is 19.4. The maximum atomic E-state index is 9.30. The molecule has 0 saturated heterocycles. The summed E-state index contributed by atoms with van der Waals surface area (Å²) in [6.07, 6.45) is 14.7. The third-order valence-corrected chi connectivity index (χ3v) is 5.44. The van der Waals surface area contributed by atoms with Gasteiger partial charge < -0.3 is 9.30 Å². The summed E-state index contributed by atoms with van der Waals surface area (Å²) in [6, 6.07) is 14.3. The van der Waals surface area contributed by atoms with Crippen molar-refractivity contribution in [3.8, 4) is 11.8 Å². The molecule has 1 aliphatic carbocycles. The number of hydrogen-bond donors (Lipinski definition) is 0. The molecule has 0 radical (unpaired) electrons. The predicted octanol–water partition coefficient (Wildman–Crippen LogP) is 5.80. The molecule has 1 aromatic heterocycles. The SMILES string of the molecule is [C-]#[N+]C(C#N)=C1C=C(C=Cc2ccc(-n3cccc3)cc2)OC2(CCCC2)C1. The summed E-state index contributed by atoms with van der Waals surface area (Å²) < 4.78 is 8.40. The highest BCUT2D eigenvalue weighted by Crippen LogP contribution is 2.44. The number of benzene rings is 1. The van der Waals surface area contributed by atoms with Crippen molar-refractivity contribution < 1.29 is 4.74 Å². The molecule has 0 atom stereocenters. The molecule has 4 heteroatoms. The van der Waals surface area contributed by atoms with Gasteiger partial charge in [0.05, 0.1) is 12.6 Å². The Balaban J connectivity index is 1.59. The fourth-order valence-corrected chi connectivity index (χ4v) is 4.03. The average Bonchev–Trinajstić information content (AvgIpc) is 3.40. The Labute approximate surface area is 165 Å². The molecule has 0 bridgehead atoms. The van der Waals surface area contributed by atoms with Crippen molar-refractivity contribution in [1.29, 1.82) is 5.26 Å². The first-order chi connectivity index (χ1) is 13.7. The van der Waals surface area contributed by atoms with Crippen molar-refractivity contribution in [2.45, 2.75) is 37.7 Å². The molecule has 28 heavy (non-hydrogen) atoms. The molecule has 1 saturated carbocycles. The van der Waals surface area contributed by atoms with E-state index in [1.807, 2.05) is 48.8 Å². The lowest BCUT2D eigenvalue weighted by Crippen LogP contribution is -2.31. The van der Waals surface area contributed by atoms with Crippen LogP contribution in [0, 0.1) is 17.9 Å². The highest BCUT2D eigenvalue weighted by molar-refractivity contribution is 5.55. The zero-order valence-electron chi connectivity index (χ0n) is 15.6. The van der Waals surface area contributed by atoms with Crippen LogP contribution >= 0.6 is 0 Å². The van der Waals surface area contributed by atoms with Crippen molar-refractivity contribution in [2.24, 2.45) is 0 Å². The topological polar surface area (TPSA) is 42.3 Å². The number of hydrogen-bond acceptors (Lipinski definition) is 2. The van der Waals surface area contributed by atoms with Crippen LogP contribution in [0.3, 0.4) is 0 Å². The lowest BCUT2D eigenvalue weighted by Gasteiger charge is -2.35. The van der Waals surface area contributed by atoms with Gasteiger partial charge in [0.25, 0.3) is 5.70 Å². The first-order valence-electron chi connectivity index (χ1n) is 9.54. The minimum absolute atomic E-state index is 0.177. The summed E-state index contributed by atoms with van der Waals surface area (Å²) in [5, 5.41) is 9.30. The summed E-state index contributed by atoms with van der Waals surface area (Å²) in [4.78, 5) is 3.41. The van der Waals surface area contributed by atoms with Gasteiger partial charge in [-0.05, 0) is 73.2 Å². The zero-order valence-corrected chi connectivity index (χ0v) is 15.6. The third-order valence-electron chi connectivity index (χ3n) is 5.44. The molecule has 0 unspecified atom stereocenters. The fraction of sp³-hybridized carbons (Fsp3) is 0.250. The number of ether oxygens (including phenoxy) is 1. The second-order valence-electron chi connectivity index (χ2n) is 7.33. The van der Waals surface area contributed by atoms with Crippen LogP contribution in [0.25, 0.3) is 16.6 Å². The molecular formula is C24H21N3O. The lowest BCUT2D eigenvalue weighted by atomic mass is 9.88. The Morgan fingerprint density at radius 3 is 2.50 bits per heavy atom. The van der Waals surface area contributed by atoms with E-state index in [0.29, 0.717) is 6.42 Å². The first kappa shape index (κ1) is 17.9. The molecule has 1 fully saturated rings. The summed E-state index contributed by atoms with van der Waals surface area (Å²) in [7, 11) is 0. The van der Waals surface area contributed by atoms with Crippen LogP contribution in [0.4, 0.5) is 0 Å². The van der Waals surface area contributed by atoms with Crippen molar-refractivity contribution in [2.75, 3.05) is 0 Å². The number of nitriles is 1. The van der Waals surface area contributed by atoms with E-state index in [1.165, 1.54) is 0 Å². The minimum atomic E-state index is -0.255. The third kappa shape index (κ3) is 3.63. The van der Waals surface area contributed by atoms with Gasteiger partial charge in [-0.15, -0.1) is 0 Å². The molecule has 1 spiro atoms. The summed E-state index contributed by atoms with van der Waals surface area (Å²) in [5.74, 6) is 0.731. The molecule has 2 aromatic rings. The van der Waals surface area contributed by atoms with E-state index in [2.05, 4.69) is 33.7 Å². The van der Waals surface area contributed by atoms with Gasteiger partial charge >= 0.3 is 0 Å². The van der Waals surface area contributed by atoms with Crippen LogP contribution in [0.15, 0.2) is 78.0 Å². The standard InChI is InChI=1S/C24H21N3O/c1-26-23(18-25)20-16-22(28-24(17-20)12-2-3-13-24)11-8-19-6-9-21(10-7-19)27-14-4-5-15-27/h4-11,14-16H,2-3,12-13,17H2. The Morgan fingerprint density at radius 2 is 1.86 bits per heavy atom. The van der Waals surface area contributed by atoms with E-state index >= 15 is 0 Å². The molecule has 138 valence electrons. The van der Waals surface area contributed by atoms with Crippen LogP contribution < -0.4 is 0 Å². The van der Waals surface area contributed by atoms with E-state index in [0.717, 1.165) is 48.3 Å². The van der Waals surface area contributed by atoms with Crippen molar-refractivity contribution in [1.82, 2.24) is 4.57 Å². The molecule has 0 amide bonds. The van der Waals surface area contributed by atoms with Gasteiger partial charge in [0.2, 0.25) is 0 Å². The molecule has 4 rings (SSSR count). The van der Waals surface area contributed by atoms with Crippen molar-refractivity contribution in [3.05, 3.63) is 95.0 Å². The van der Waals surface area contributed by atoms with Gasteiger partial charge in [0.1, 0.15) is 11.4 Å². The monoisotopic (exact) mass is 367 g/mol. The molecular weight excluding hydrogens is 346 g/mol. The normalized spacial score (nSPS) is 19.7. The van der Waals surface area contributed by atoms with E-state index in [-0.39, 0.29) is 11.3 Å². The summed E-state index contributed by atoms with van der Waals surface area (Å²) in [5.41, 5.74) is 2.91. The molecule has 2 heterocycles. The summed E-state index contributed by atoms with van der Waals surface area (Å²) >= 11 is 0. The smallest absolute Gasteiger partial charge is 0.265 e. The molecule has 1 aliphatic heterocycles. The van der Waals surface area contributed by atoms with Gasteiger partial charge in [-0.1, -0.05) is 18.2 Å². The quantitative estimate of drug-likeness (QED) is 0.508. The van der Waals surface area contributed by atoms with Gasteiger partial charge in [-0.2, -0.15) is 0 Å². The van der Waals surface area contributed by atoms with Crippen LogP contribution in [-0.4, -0.2) is 10.2 Å². The highest BCUT2D eigenvalue weighted by Gasteiger charge is 2.39. The fourth-order valence-electron chi connectivity index (χ4n) is 4.03. The van der Waals surface area contributed by atoms with Gasteiger partial charge in [-0.3, -0.25) is 0 Å². The maximum Gasteiger partial charge on any atom is 0.265 e. The van der Waals surface area contributed by atoms with Crippen LogP contribution in [0.5, 0.6) is 0 Å². The molecule has 2 aliphatic rings. The van der Waals surface area contributed by atoms with E-state index in [4.69, 9.17) is 11.3 Å². The van der Waals surface area contributed by atoms with E-state index in [9.17, 15) is 5.26 Å². The van der Waals surface area contributed by atoms with Crippen LogP contribution in [-0.2, 0) is 4.74 Å². The van der Waals surface area contributed by atoms with Gasteiger partial charge in [0, 0.05) is 24.5 Å². The number of nitrogens with zero attached hydrogens (tertiary/aromatic N) is 3. The first-order valence-corrected chi connectivity index (χ1v) is 9.54. The largest absolute Gasteiger partial charge is 0.487 e. The van der Waals surface area contributed by atoms with Crippen molar-refractivity contribution >= 4 is 6.08 Å². The van der Waals surface area contributed by atoms with Crippen LogP contribution in [0.1, 0.15) is 37.7 Å². The number of rotatable bonds is 3. The number of allylic oxidation sites excluding steroid dienone is 3. The Kier molecular flexibility index (Phi) is 4.87. The Morgan fingerprint density at radius 1 is 1.14 bits per heavy atom. The van der Waals surface area contributed by atoms with Crippen LogP contribution in [0.2, 0.25) is 0 Å². The second kappa shape index (κ2) is 7.62. The number of aromatic nitrogens is 1. The second-order valence-corrected chi connectivity index (χ2v) is 7.33. The Hall–Kier alpha value is -3.50. The minimum Gasteiger partial charge on any atom is -0.487 e. The van der Waals surface area contributed by atoms with E-state index < -0.39 is 0 Å². The molecule has 0 N–H and O–H groups in total.